The minimum absolute atomic E-state index is 0.0168. The van der Waals surface area contributed by atoms with Crippen LogP contribution in [-0.2, 0) is 4.79 Å². The predicted octanol–water partition coefficient (Wildman–Crippen LogP) is 0.835. The molecule has 0 radical (unpaired) electrons. The van der Waals surface area contributed by atoms with E-state index in [4.69, 9.17) is 5.11 Å². The van der Waals surface area contributed by atoms with Crippen LogP contribution in [0.3, 0.4) is 0 Å². The number of carbonyl (C=O) groups is 2. The summed E-state index contributed by atoms with van der Waals surface area (Å²) in [4.78, 5) is 26.2. The average Bonchev–Trinajstić information content (AvgIpc) is 2.97. The lowest BCUT2D eigenvalue weighted by molar-refractivity contribution is -0.117. The number of fused-ring (bicyclic) bond motifs is 3. The van der Waals surface area contributed by atoms with Gasteiger partial charge in [0.1, 0.15) is 0 Å². The number of aromatic nitrogens is 1. The van der Waals surface area contributed by atoms with Crippen LogP contribution < -0.4 is 5.32 Å². The summed E-state index contributed by atoms with van der Waals surface area (Å²) >= 11 is 0. The number of aromatic carboxylic acids is 1. The van der Waals surface area contributed by atoms with Gasteiger partial charge in [0, 0.05) is 18.0 Å². The summed E-state index contributed by atoms with van der Waals surface area (Å²) in [6.45, 7) is 0. The first-order valence-electron chi connectivity index (χ1n) is 4.71. The normalized spacial score (nSPS) is 26.3. The molecule has 0 saturated heterocycles. The van der Waals surface area contributed by atoms with Crippen molar-refractivity contribution in [1.82, 2.24) is 4.98 Å². The Morgan fingerprint density at radius 1 is 1.53 bits per heavy atom. The van der Waals surface area contributed by atoms with Gasteiger partial charge in [0.05, 0.1) is 16.9 Å². The van der Waals surface area contributed by atoms with E-state index in [1.807, 2.05) is 0 Å². The SMILES string of the molecule is O=C(O)c1cnc2c(c1)NC(=O)C1CC21. The zero-order valence-corrected chi connectivity index (χ0v) is 7.73. The highest BCUT2D eigenvalue weighted by Crippen LogP contribution is 2.52. The molecule has 1 aliphatic carbocycles. The Bertz CT molecular complexity index is 484. The van der Waals surface area contributed by atoms with Gasteiger partial charge < -0.3 is 10.4 Å². The molecule has 15 heavy (non-hydrogen) atoms. The Balaban J connectivity index is 2.09. The zero-order valence-electron chi connectivity index (χ0n) is 7.73. The maximum Gasteiger partial charge on any atom is 0.337 e. The third-order valence-electron chi connectivity index (χ3n) is 2.90. The summed E-state index contributed by atoms with van der Waals surface area (Å²) < 4.78 is 0. The van der Waals surface area contributed by atoms with Crippen LogP contribution in [0.25, 0.3) is 0 Å². The highest BCUT2D eigenvalue weighted by molar-refractivity contribution is 6.00. The fraction of sp³-hybridized carbons (Fsp3) is 0.300. The molecule has 2 N–H and O–H groups in total. The summed E-state index contributed by atoms with van der Waals surface area (Å²) in [6.07, 6.45) is 2.17. The van der Waals surface area contributed by atoms with Crippen LogP contribution in [-0.4, -0.2) is 22.0 Å². The van der Waals surface area contributed by atoms with Gasteiger partial charge in [0.25, 0.3) is 0 Å². The summed E-state index contributed by atoms with van der Waals surface area (Å²) in [5.41, 5.74) is 1.48. The highest BCUT2D eigenvalue weighted by Gasteiger charge is 2.49. The smallest absolute Gasteiger partial charge is 0.337 e. The summed E-state index contributed by atoms with van der Waals surface area (Å²) in [7, 11) is 0. The van der Waals surface area contributed by atoms with Gasteiger partial charge in [0.15, 0.2) is 0 Å². The Kier molecular flexibility index (Phi) is 1.44. The number of rotatable bonds is 1. The molecule has 1 aromatic heterocycles. The Labute approximate surface area is 85.1 Å². The van der Waals surface area contributed by atoms with E-state index >= 15 is 0 Å². The van der Waals surface area contributed by atoms with E-state index in [9.17, 15) is 9.59 Å². The number of carboxylic acid groups (broad SMARTS) is 1. The van der Waals surface area contributed by atoms with E-state index < -0.39 is 5.97 Å². The first-order chi connectivity index (χ1) is 7.16. The molecule has 3 rings (SSSR count). The Hall–Kier alpha value is -1.91. The molecule has 5 nitrogen and oxygen atoms in total. The van der Waals surface area contributed by atoms with Gasteiger partial charge in [-0.3, -0.25) is 9.78 Å². The second kappa shape index (κ2) is 2.56. The van der Waals surface area contributed by atoms with Crippen molar-refractivity contribution in [3.63, 3.8) is 0 Å². The summed E-state index contributed by atoms with van der Waals surface area (Å²) in [5.74, 6) is -0.786. The molecule has 1 aliphatic heterocycles. The number of nitrogens with one attached hydrogen (secondary N) is 1. The van der Waals surface area contributed by atoms with Gasteiger partial charge in [0.2, 0.25) is 5.91 Å². The predicted molar refractivity (Wildman–Crippen MR) is 50.7 cm³/mol. The molecule has 2 atom stereocenters. The van der Waals surface area contributed by atoms with Gasteiger partial charge in [-0.15, -0.1) is 0 Å². The zero-order chi connectivity index (χ0) is 10.6. The van der Waals surface area contributed by atoms with E-state index in [2.05, 4.69) is 10.3 Å². The van der Waals surface area contributed by atoms with Crippen molar-refractivity contribution in [2.75, 3.05) is 5.32 Å². The third-order valence-corrected chi connectivity index (χ3v) is 2.90. The molecule has 1 aromatic rings. The molecule has 2 heterocycles. The number of hydrogen-bond donors (Lipinski definition) is 2. The number of carbonyl (C=O) groups excluding carboxylic acids is 1. The van der Waals surface area contributed by atoms with Crippen molar-refractivity contribution < 1.29 is 14.7 Å². The average molecular weight is 204 g/mol. The second-order valence-corrected chi connectivity index (χ2v) is 3.90. The molecule has 1 saturated carbocycles. The number of pyridine rings is 1. The molecule has 1 fully saturated rings. The number of hydrogen-bond acceptors (Lipinski definition) is 3. The van der Waals surface area contributed by atoms with Crippen LogP contribution in [0.5, 0.6) is 0 Å². The first kappa shape index (κ1) is 8.40. The number of anilines is 1. The fourth-order valence-electron chi connectivity index (χ4n) is 2.00. The van der Waals surface area contributed by atoms with Gasteiger partial charge in [-0.05, 0) is 12.5 Å². The maximum absolute atomic E-state index is 11.4. The monoisotopic (exact) mass is 204 g/mol. The van der Waals surface area contributed by atoms with Crippen LogP contribution in [0.4, 0.5) is 5.69 Å². The molecule has 2 unspecified atom stereocenters. The third kappa shape index (κ3) is 1.12. The second-order valence-electron chi connectivity index (χ2n) is 3.90. The van der Waals surface area contributed by atoms with Crippen LogP contribution in [0.1, 0.15) is 28.4 Å². The van der Waals surface area contributed by atoms with E-state index in [0.29, 0.717) is 5.69 Å². The minimum atomic E-state index is -1.03. The van der Waals surface area contributed by atoms with Gasteiger partial charge in [-0.2, -0.15) is 0 Å². The van der Waals surface area contributed by atoms with Crippen molar-refractivity contribution in [3.05, 3.63) is 23.5 Å². The number of nitrogens with zero attached hydrogens (tertiary/aromatic N) is 1. The number of amides is 1. The molecular formula is C10H8N2O3. The fourth-order valence-corrected chi connectivity index (χ4v) is 2.00. The highest BCUT2D eigenvalue weighted by atomic mass is 16.4. The van der Waals surface area contributed by atoms with Crippen molar-refractivity contribution in [1.29, 1.82) is 0 Å². The van der Waals surface area contributed by atoms with Gasteiger partial charge >= 0.3 is 5.97 Å². The maximum atomic E-state index is 11.4. The van der Waals surface area contributed by atoms with E-state index in [-0.39, 0.29) is 23.3 Å². The number of carboxylic acids is 1. The first-order valence-corrected chi connectivity index (χ1v) is 4.71. The largest absolute Gasteiger partial charge is 0.478 e. The Morgan fingerprint density at radius 2 is 2.33 bits per heavy atom. The van der Waals surface area contributed by atoms with Crippen molar-refractivity contribution in [3.8, 4) is 0 Å². The van der Waals surface area contributed by atoms with Gasteiger partial charge in [-0.25, -0.2) is 4.79 Å². The van der Waals surface area contributed by atoms with Crippen LogP contribution >= 0.6 is 0 Å². The molecule has 1 amide bonds. The van der Waals surface area contributed by atoms with E-state index in [0.717, 1.165) is 12.1 Å². The topological polar surface area (TPSA) is 79.3 Å². The van der Waals surface area contributed by atoms with Crippen molar-refractivity contribution in [2.24, 2.45) is 5.92 Å². The van der Waals surface area contributed by atoms with E-state index in [1.165, 1.54) is 12.3 Å². The minimum Gasteiger partial charge on any atom is -0.478 e. The van der Waals surface area contributed by atoms with E-state index in [1.54, 1.807) is 0 Å². The molecule has 0 spiro atoms. The van der Waals surface area contributed by atoms with Crippen molar-refractivity contribution >= 4 is 17.6 Å². The lowest BCUT2D eigenvalue weighted by Gasteiger charge is -2.15. The van der Waals surface area contributed by atoms with Crippen molar-refractivity contribution in [2.45, 2.75) is 12.3 Å². The van der Waals surface area contributed by atoms with Gasteiger partial charge in [-0.1, -0.05) is 0 Å². The Morgan fingerprint density at radius 3 is 3.07 bits per heavy atom. The lowest BCUT2D eigenvalue weighted by Crippen LogP contribution is -2.21. The quantitative estimate of drug-likeness (QED) is 0.710. The molecule has 2 aliphatic rings. The molecule has 5 heteroatoms. The molecular weight excluding hydrogens is 196 g/mol. The van der Waals surface area contributed by atoms with Crippen LogP contribution in [0.2, 0.25) is 0 Å². The lowest BCUT2D eigenvalue weighted by atomic mass is 10.1. The molecule has 0 aromatic carbocycles. The summed E-state index contributed by atoms with van der Waals surface area (Å²) in [5, 5.41) is 11.5. The molecule has 0 bridgehead atoms. The summed E-state index contributed by atoms with van der Waals surface area (Å²) in [6, 6.07) is 1.47. The standard InChI is InChI=1S/C10H8N2O3/c13-9-6-2-5(6)8-7(12-9)1-4(3-11-8)10(14)15/h1,3,5-6H,2H2,(H,12,13)(H,14,15). The van der Waals surface area contributed by atoms with Crippen LogP contribution in [0.15, 0.2) is 12.3 Å². The molecule has 76 valence electrons. The van der Waals surface area contributed by atoms with Crippen LogP contribution in [0, 0.1) is 5.92 Å².